The number of nitrogens with one attached hydrogen (secondary N) is 2. The predicted octanol–water partition coefficient (Wildman–Crippen LogP) is 4.47. The highest BCUT2D eigenvalue weighted by Crippen LogP contribution is 2.26. The summed E-state index contributed by atoms with van der Waals surface area (Å²) in [5.41, 5.74) is -0.945. The number of anilines is 2. The number of nitrogens with zero attached hydrogens (tertiary/aromatic N) is 2. The average molecular weight is 481 g/mol. The first-order chi connectivity index (χ1) is 16.2. The lowest BCUT2D eigenvalue weighted by molar-refractivity contribution is -0.115. The zero-order valence-corrected chi connectivity index (χ0v) is 20.5. The summed E-state index contributed by atoms with van der Waals surface area (Å²) in [4.78, 5) is 53.7. The van der Waals surface area contributed by atoms with Crippen molar-refractivity contribution in [1.29, 1.82) is 5.26 Å². The van der Waals surface area contributed by atoms with Gasteiger partial charge in [0.25, 0.3) is 0 Å². The van der Waals surface area contributed by atoms with Crippen LogP contribution in [-0.2, 0) is 14.3 Å². The predicted molar refractivity (Wildman–Crippen MR) is 128 cm³/mol. The minimum atomic E-state index is -0.769. The van der Waals surface area contributed by atoms with Crippen LogP contribution in [-0.4, -0.2) is 39.9 Å². The molecule has 2 amide bonds. The van der Waals surface area contributed by atoms with E-state index < -0.39 is 41.4 Å². The molecule has 184 valence electrons. The van der Waals surface area contributed by atoms with Crippen LogP contribution in [0.15, 0.2) is 36.5 Å². The number of benzene rings is 1. The van der Waals surface area contributed by atoms with E-state index in [0.717, 1.165) is 0 Å². The summed E-state index contributed by atoms with van der Waals surface area (Å²) < 4.78 is 10.6. The number of hydrogen-bond acceptors (Lipinski definition) is 8. The molecule has 0 bridgehead atoms. The number of carbonyl (C=O) groups is 4. The zero-order valence-electron chi connectivity index (χ0n) is 20.5. The molecule has 0 fully saturated rings. The second-order valence-electron chi connectivity index (χ2n) is 9.58. The van der Waals surface area contributed by atoms with Gasteiger partial charge < -0.3 is 14.8 Å². The first kappa shape index (κ1) is 27.0. The Morgan fingerprint density at radius 3 is 2.14 bits per heavy atom. The Labute approximate surface area is 203 Å². The minimum Gasteiger partial charge on any atom is -0.456 e. The Morgan fingerprint density at radius 1 is 0.886 bits per heavy atom. The smallest absolute Gasteiger partial charge is 0.412 e. The highest BCUT2D eigenvalue weighted by Gasteiger charge is 2.22. The number of Topliss-reactive ketones (excluding diaryl/α,β-unsaturated/α-hetero) is 1. The number of pyridine rings is 1. The second-order valence-corrected chi connectivity index (χ2v) is 9.58. The third kappa shape index (κ3) is 8.89. The quantitative estimate of drug-likeness (QED) is 0.350. The van der Waals surface area contributed by atoms with Crippen LogP contribution in [0.1, 0.15) is 74.4 Å². The molecular weight excluding hydrogens is 452 g/mol. The van der Waals surface area contributed by atoms with Crippen LogP contribution in [0.25, 0.3) is 0 Å². The van der Waals surface area contributed by atoms with Crippen LogP contribution >= 0.6 is 0 Å². The first-order valence-corrected chi connectivity index (χ1v) is 10.7. The molecule has 2 rings (SSSR count). The molecule has 10 heteroatoms. The molecule has 1 aromatic carbocycles. The molecule has 0 spiro atoms. The summed E-state index contributed by atoms with van der Waals surface area (Å²) in [6.07, 6.45) is -0.0104. The SMILES string of the molecule is CC(C)(C)OC(=O)Nc1ccc(C(=O)OC(C)(C)C)cc1NC(=O)CC(=O)c1ccnc(C#N)c1. The first-order valence-electron chi connectivity index (χ1n) is 10.7. The van der Waals surface area contributed by atoms with Gasteiger partial charge in [0.1, 0.15) is 23.0 Å². The molecule has 0 saturated carbocycles. The van der Waals surface area contributed by atoms with Crippen molar-refractivity contribution in [3.8, 4) is 6.07 Å². The molecule has 1 aromatic heterocycles. The van der Waals surface area contributed by atoms with E-state index in [-0.39, 0.29) is 28.2 Å². The van der Waals surface area contributed by atoms with E-state index in [2.05, 4.69) is 15.6 Å². The summed E-state index contributed by atoms with van der Waals surface area (Å²) in [7, 11) is 0. The van der Waals surface area contributed by atoms with Gasteiger partial charge in [0.05, 0.1) is 23.4 Å². The van der Waals surface area contributed by atoms with E-state index in [4.69, 9.17) is 14.7 Å². The molecule has 35 heavy (non-hydrogen) atoms. The molecule has 0 radical (unpaired) electrons. The molecular formula is C25H28N4O6. The van der Waals surface area contributed by atoms with Gasteiger partial charge in [-0.2, -0.15) is 5.26 Å². The molecule has 10 nitrogen and oxygen atoms in total. The number of esters is 1. The van der Waals surface area contributed by atoms with E-state index in [0.29, 0.717) is 0 Å². The van der Waals surface area contributed by atoms with E-state index in [9.17, 15) is 19.2 Å². The number of carbonyl (C=O) groups excluding carboxylic acids is 4. The standard InChI is InChI=1S/C25H28N4O6/c1-24(2,3)34-22(32)16-7-8-18(29-23(33)35-25(4,5)6)19(12-16)28-21(31)13-20(30)15-9-10-27-17(11-15)14-26/h7-12H,13H2,1-6H3,(H,28,31)(H,29,33). The van der Waals surface area contributed by atoms with Crippen molar-refractivity contribution < 1.29 is 28.7 Å². The summed E-state index contributed by atoms with van der Waals surface area (Å²) in [5, 5.41) is 14.0. The third-order valence-corrected chi connectivity index (χ3v) is 4.08. The Balaban J connectivity index is 2.28. The molecule has 1 heterocycles. The monoisotopic (exact) mass is 480 g/mol. The maximum Gasteiger partial charge on any atom is 0.412 e. The highest BCUT2D eigenvalue weighted by molar-refractivity contribution is 6.12. The number of rotatable bonds is 6. The Hall–Kier alpha value is -4.26. The van der Waals surface area contributed by atoms with Gasteiger partial charge in [-0.15, -0.1) is 0 Å². The fourth-order valence-electron chi connectivity index (χ4n) is 2.74. The number of aromatic nitrogens is 1. The maximum atomic E-state index is 12.7. The van der Waals surface area contributed by atoms with Crippen LogP contribution in [0.2, 0.25) is 0 Å². The normalized spacial score (nSPS) is 11.1. The van der Waals surface area contributed by atoms with Crippen molar-refractivity contribution in [3.05, 3.63) is 53.3 Å². The Morgan fingerprint density at radius 2 is 1.54 bits per heavy atom. The van der Waals surface area contributed by atoms with Gasteiger partial charge in [-0.1, -0.05) is 0 Å². The van der Waals surface area contributed by atoms with Crippen molar-refractivity contribution in [3.63, 3.8) is 0 Å². The molecule has 2 N–H and O–H groups in total. The second kappa shape index (κ2) is 10.8. The van der Waals surface area contributed by atoms with Gasteiger partial charge in [-0.3, -0.25) is 14.9 Å². The van der Waals surface area contributed by atoms with Crippen molar-refractivity contribution in [2.45, 2.75) is 59.2 Å². The van der Waals surface area contributed by atoms with Crippen molar-refractivity contribution in [2.24, 2.45) is 0 Å². The van der Waals surface area contributed by atoms with Gasteiger partial charge in [0, 0.05) is 11.8 Å². The van der Waals surface area contributed by atoms with Gasteiger partial charge in [-0.05, 0) is 71.9 Å². The largest absolute Gasteiger partial charge is 0.456 e. The summed E-state index contributed by atoms with van der Waals surface area (Å²) >= 11 is 0. The number of hydrogen-bond donors (Lipinski definition) is 2. The van der Waals surface area contributed by atoms with Crippen LogP contribution in [0, 0.1) is 11.3 Å². The molecule has 0 aliphatic rings. The molecule has 0 atom stereocenters. The number of amides is 2. The van der Waals surface area contributed by atoms with Crippen molar-refractivity contribution >= 4 is 35.1 Å². The van der Waals surface area contributed by atoms with Gasteiger partial charge in [0.15, 0.2) is 5.78 Å². The Bertz CT molecular complexity index is 1190. The Kier molecular flexibility index (Phi) is 8.31. The fourth-order valence-corrected chi connectivity index (χ4v) is 2.74. The third-order valence-electron chi connectivity index (χ3n) is 4.08. The fraction of sp³-hybridized carbons (Fsp3) is 0.360. The maximum absolute atomic E-state index is 12.7. The highest BCUT2D eigenvalue weighted by atomic mass is 16.6. The summed E-state index contributed by atoms with van der Waals surface area (Å²) in [6, 6.07) is 8.70. The van der Waals surface area contributed by atoms with Crippen LogP contribution in [0.5, 0.6) is 0 Å². The van der Waals surface area contributed by atoms with Crippen LogP contribution in [0.4, 0.5) is 16.2 Å². The van der Waals surface area contributed by atoms with Crippen molar-refractivity contribution in [1.82, 2.24) is 4.98 Å². The molecule has 0 aliphatic carbocycles. The van der Waals surface area contributed by atoms with Gasteiger partial charge >= 0.3 is 12.1 Å². The van der Waals surface area contributed by atoms with E-state index in [1.807, 2.05) is 6.07 Å². The summed E-state index contributed by atoms with van der Waals surface area (Å²) in [5.74, 6) is -1.86. The summed E-state index contributed by atoms with van der Waals surface area (Å²) in [6.45, 7) is 10.2. The number of nitriles is 1. The number of ether oxygens (including phenoxy) is 2. The van der Waals surface area contributed by atoms with E-state index >= 15 is 0 Å². The van der Waals surface area contributed by atoms with E-state index in [1.54, 1.807) is 41.5 Å². The molecule has 0 unspecified atom stereocenters. The number of ketones is 1. The lowest BCUT2D eigenvalue weighted by Gasteiger charge is -2.21. The molecule has 0 aliphatic heterocycles. The lowest BCUT2D eigenvalue weighted by atomic mass is 10.1. The average Bonchev–Trinajstić information content (AvgIpc) is 2.72. The minimum absolute atomic E-state index is 0.0465. The van der Waals surface area contributed by atoms with Crippen LogP contribution < -0.4 is 10.6 Å². The van der Waals surface area contributed by atoms with E-state index in [1.165, 1.54) is 36.5 Å². The topological polar surface area (TPSA) is 147 Å². The molecule has 0 saturated heterocycles. The van der Waals surface area contributed by atoms with Crippen LogP contribution in [0.3, 0.4) is 0 Å². The van der Waals surface area contributed by atoms with Gasteiger partial charge in [0.2, 0.25) is 5.91 Å². The van der Waals surface area contributed by atoms with Crippen molar-refractivity contribution in [2.75, 3.05) is 10.6 Å². The lowest BCUT2D eigenvalue weighted by Crippen LogP contribution is -2.28. The molecule has 2 aromatic rings. The van der Waals surface area contributed by atoms with Gasteiger partial charge in [-0.25, -0.2) is 14.6 Å². The zero-order chi connectivity index (χ0) is 26.4.